The van der Waals surface area contributed by atoms with Crippen LogP contribution in [0.15, 0.2) is 17.1 Å². The quantitative estimate of drug-likeness (QED) is 0.909. The van der Waals surface area contributed by atoms with Gasteiger partial charge in [0.15, 0.2) is 5.43 Å². The maximum Gasteiger partial charge on any atom is 0.259 e. The molecule has 1 aromatic rings. The van der Waals surface area contributed by atoms with Crippen molar-refractivity contribution < 1.29 is 9.53 Å². The molecule has 1 amide bonds. The first-order valence-corrected chi connectivity index (χ1v) is 7.18. The normalized spacial score (nSPS) is 16.1. The number of nitrogens with zero attached hydrogens (tertiary/aromatic N) is 1. The van der Waals surface area contributed by atoms with E-state index in [4.69, 9.17) is 4.74 Å². The molecule has 0 bridgehead atoms. The summed E-state index contributed by atoms with van der Waals surface area (Å²) in [6, 6.07) is 1.47. The lowest BCUT2D eigenvalue weighted by molar-refractivity contribution is 0.0466. The van der Waals surface area contributed by atoms with Gasteiger partial charge in [0.2, 0.25) is 0 Å². The van der Waals surface area contributed by atoms with Gasteiger partial charge in [0.05, 0.1) is 0 Å². The Labute approximate surface area is 118 Å². The fourth-order valence-corrected chi connectivity index (χ4v) is 2.51. The van der Waals surface area contributed by atoms with E-state index in [1.54, 1.807) is 11.8 Å². The number of carbonyl (C=O) groups is 1. The minimum atomic E-state index is -0.211. The average Bonchev–Trinajstić information content (AvgIpc) is 2.45. The Balaban J connectivity index is 2.09. The molecule has 0 unspecified atom stereocenters. The first-order chi connectivity index (χ1) is 9.61. The molecule has 5 heteroatoms. The molecular weight excluding hydrogens is 256 g/mol. The van der Waals surface area contributed by atoms with E-state index < -0.39 is 0 Å². The van der Waals surface area contributed by atoms with E-state index in [0.29, 0.717) is 19.0 Å². The van der Waals surface area contributed by atoms with Crippen molar-refractivity contribution in [3.05, 3.63) is 33.7 Å². The number of hydrogen-bond acceptors (Lipinski definition) is 3. The minimum absolute atomic E-state index is 0.180. The van der Waals surface area contributed by atoms with Crippen LogP contribution in [-0.4, -0.2) is 42.1 Å². The van der Waals surface area contributed by atoms with Crippen LogP contribution in [0.3, 0.4) is 0 Å². The van der Waals surface area contributed by atoms with E-state index in [-0.39, 0.29) is 16.9 Å². The van der Waals surface area contributed by atoms with Gasteiger partial charge >= 0.3 is 0 Å². The fraction of sp³-hybridized carbons (Fsp3) is 0.600. The van der Waals surface area contributed by atoms with Crippen LogP contribution in [0.1, 0.15) is 35.8 Å². The summed E-state index contributed by atoms with van der Waals surface area (Å²) in [4.78, 5) is 29.1. The largest absolute Gasteiger partial charge is 0.381 e. The summed E-state index contributed by atoms with van der Waals surface area (Å²) < 4.78 is 5.33. The van der Waals surface area contributed by atoms with Gasteiger partial charge in [-0.15, -0.1) is 0 Å². The van der Waals surface area contributed by atoms with Gasteiger partial charge < -0.3 is 14.6 Å². The number of pyridine rings is 1. The van der Waals surface area contributed by atoms with Crippen molar-refractivity contribution in [2.45, 2.75) is 26.7 Å². The Bertz CT molecular complexity index is 518. The van der Waals surface area contributed by atoms with Crippen LogP contribution in [0.25, 0.3) is 0 Å². The van der Waals surface area contributed by atoms with Crippen LogP contribution in [0, 0.1) is 12.8 Å². The number of hydrogen-bond donors (Lipinski definition) is 1. The number of amides is 1. The van der Waals surface area contributed by atoms with E-state index in [2.05, 4.69) is 4.98 Å². The second-order valence-corrected chi connectivity index (χ2v) is 5.29. The maximum absolute atomic E-state index is 12.5. The average molecular weight is 278 g/mol. The summed E-state index contributed by atoms with van der Waals surface area (Å²) in [6.07, 6.45) is 3.48. The number of H-pyrrole nitrogens is 1. The number of aromatic nitrogens is 1. The van der Waals surface area contributed by atoms with Gasteiger partial charge in [-0.2, -0.15) is 0 Å². The van der Waals surface area contributed by atoms with Crippen LogP contribution in [0.2, 0.25) is 0 Å². The van der Waals surface area contributed by atoms with Gasteiger partial charge in [0.1, 0.15) is 5.56 Å². The monoisotopic (exact) mass is 278 g/mol. The zero-order valence-corrected chi connectivity index (χ0v) is 12.1. The zero-order chi connectivity index (χ0) is 14.5. The van der Waals surface area contributed by atoms with Crippen molar-refractivity contribution in [2.24, 2.45) is 5.92 Å². The highest BCUT2D eigenvalue weighted by Crippen LogP contribution is 2.16. The number of carbonyl (C=O) groups excluding carboxylic acids is 1. The Morgan fingerprint density at radius 2 is 2.15 bits per heavy atom. The van der Waals surface area contributed by atoms with Crippen molar-refractivity contribution in [1.29, 1.82) is 0 Å². The third-order valence-corrected chi connectivity index (χ3v) is 3.78. The molecule has 1 aliphatic rings. The van der Waals surface area contributed by atoms with Gasteiger partial charge in [0.25, 0.3) is 5.91 Å². The highest BCUT2D eigenvalue weighted by Gasteiger charge is 2.22. The van der Waals surface area contributed by atoms with E-state index in [1.165, 1.54) is 12.3 Å². The summed E-state index contributed by atoms with van der Waals surface area (Å²) >= 11 is 0. The molecule has 0 aliphatic carbocycles. The second kappa shape index (κ2) is 6.70. The number of aryl methyl sites for hydroxylation is 1. The predicted molar refractivity (Wildman–Crippen MR) is 76.9 cm³/mol. The topological polar surface area (TPSA) is 62.4 Å². The first-order valence-electron chi connectivity index (χ1n) is 7.18. The minimum Gasteiger partial charge on any atom is -0.381 e. The van der Waals surface area contributed by atoms with Crippen LogP contribution in [0.4, 0.5) is 0 Å². The van der Waals surface area contributed by atoms with Crippen LogP contribution in [-0.2, 0) is 4.74 Å². The van der Waals surface area contributed by atoms with Crippen LogP contribution >= 0.6 is 0 Å². The Kier molecular flexibility index (Phi) is 4.95. The predicted octanol–water partition coefficient (Wildman–Crippen LogP) is 1.57. The summed E-state index contributed by atoms with van der Waals surface area (Å²) in [5.41, 5.74) is 0.778. The van der Waals surface area contributed by atoms with E-state index >= 15 is 0 Å². The fourth-order valence-electron chi connectivity index (χ4n) is 2.51. The molecule has 0 spiro atoms. The molecule has 20 heavy (non-hydrogen) atoms. The molecule has 1 aliphatic heterocycles. The standard InChI is InChI=1S/C15H22N2O3/c1-3-17(10-12-4-6-20-7-5-12)15(19)13-9-16-11(2)8-14(13)18/h8-9,12H,3-7,10H2,1-2H3,(H,16,18). The third-order valence-electron chi connectivity index (χ3n) is 3.78. The SMILES string of the molecule is CCN(CC1CCOCC1)C(=O)c1c[nH]c(C)cc1=O. The van der Waals surface area contributed by atoms with Crippen molar-refractivity contribution in [2.75, 3.05) is 26.3 Å². The maximum atomic E-state index is 12.5. The van der Waals surface area contributed by atoms with Crippen molar-refractivity contribution >= 4 is 5.91 Å². The number of rotatable bonds is 4. The lowest BCUT2D eigenvalue weighted by atomic mass is 9.99. The van der Waals surface area contributed by atoms with Gasteiger partial charge in [-0.1, -0.05) is 0 Å². The van der Waals surface area contributed by atoms with E-state index in [0.717, 1.165) is 31.7 Å². The number of ether oxygens (including phenoxy) is 1. The van der Waals surface area contributed by atoms with Crippen LogP contribution in [0.5, 0.6) is 0 Å². The van der Waals surface area contributed by atoms with Gasteiger partial charge in [-0.05, 0) is 32.6 Å². The lowest BCUT2D eigenvalue weighted by Crippen LogP contribution is -2.39. The lowest BCUT2D eigenvalue weighted by Gasteiger charge is -2.29. The molecule has 0 saturated carbocycles. The molecule has 0 atom stereocenters. The van der Waals surface area contributed by atoms with Gasteiger partial charge in [0, 0.05) is 44.3 Å². The molecule has 1 saturated heterocycles. The molecule has 1 fully saturated rings. The summed E-state index contributed by atoms with van der Waals surface area (Å²) in [7, 11) is 0. The summed E-state index contributed by atoms with van der Waals surface area (Å²) in [5, 5.41) is 0. The van der Waals surface area contributed by atoms with Gasteiger partial charge in [-0.3, -0.25) is 9.59 Å². The third kappa shape index (κ3) is 3.48. The van der Waals surface area contributed by atoms with E-state index in [1.807, 2.05) is 6.92 Å². The number of nitrogens with one attached hydrogen (secondary N) is 1. The molecular formula is C15H22N2O3. The Morgan fingerprint density at radius 1 is 1.45 bits per heavy atom. The van der Waals surface area contributed by atoms with Crippen molar-refractivity contribution in [1.82, 2.24) is 9.88 Å². The molecule has 0 aromatic carbocycles. The van der Waals surface area contributed by atoms with Crippen LogP contribution < -0.4 is 5.43 Å². The molecule has 1 N–H and O–H groups in total. The molecule has 1 aromatic heterocycles. The first kappa shape index (κ1) is 14.8. The number of aromatic amines is 1. The molecule has 2 heterocycles. The smallest absolute Gasteiger partial charge is 0.259 e. The summed E-state index contributed by atoms with van der Waals surface area (Å²) in [6.45, 7) is 6.59. The van der Waals surface area contributed by atoms with E-state index in [9.17, 15) is 9.59 Å². The second-order valence-electron chi connectivity index (χ2n) is 5.29. The summed E-state index contributed by atoms with van der Waals surface area (Å²) in [5.74, 6) is 0.289. The highest BCUT2D eigenvalue weighted by molar-refractivity contribution is 5.93. The Hall–Kier alpha value is -1.62. The molecule has 2 rings (SSSR count). The molecule has 110 valence electrons. The van der Waals surface area contributed by atoms with Crippen molar-refractivity contribution in [3.8, 4) is 0 Å². The highest BCUT2D eigenvalue weighted by atomic mass is 16.5. The zero-order valence-electron chi connectivity index (χ0n) is 12.1. The van der Waals surface area contributed by atoms with Gasteiger partial charge in [-0.25, -0.2) is 0 Å². The molecule has 0 radical (unpaired) electrons. The molecule has 5 nitrogen and oxygen atoms in total. The van der Waals surface area contributed by atoms with Crippen molar-refractivity contribution in [3.63, 3.8) is 0 Å². The Morgan fingerprint density at radius 3 is 2.75 bits per heavy atom.